The average molecular weight is 399 g/mol. The normalized spacial score (nSPS) is 17.6. The first-order valence-electron chi connectivity index (χ1n) is 8.93. The van der Waals surface area contributed by atoms with Gasteiger partial charge in [-0.3, -0.25) is 9.59 Å². The summed E-state index contributed by atoms with van der Waals surface area (Å²) in [6.07, 6.45) is 2.92. The van der Waals surface area contributed by atoms with Gasteiger partial charge < -0.3 is 11.1 Å². The van der Waals surface area contributed by atoms with Gasteiger partial charge >= 0.3 is 0 Å². The maximum atomic E-state index is 13.3. The van der Waals surface area contributed by atoms with E-state index < -0.39 is 39.1 Å². The Balaban J connectivity index is 2.12. The molecule has 0 spiro atoms. The van der Waals surface area contributed by atoms with Gasteiger partial charge in [0.15, 0.2) is 0 Å². The molecule has 0 heterocycles. The molecule has 150 valence electrons. The Kier molecular flexibility index (Phi) is 6.59. The van der Waals surface area contributed by atoms with Crippen molar-refractivity contribution in [1.82, 2.24) is 10.0 Å². The van der Waals surface area contributed by atoms with Crippen LogP contribution in [0.3, 0.4) is 0 Å². The van der Waals surface area contributed by atoms with Crippen LogP contribution in [0.4, 0.5) is 4.39 Å². The quantitative estimate of drug-likeness (QED) is 0.610. The first-order valence-corrected chi connectivity index (χ1v) is 10.4. The third-order valence-electron chi connectivity index (χ3n) is 5.02. The van der Waals surface area contributed by atoms with E-state index in [1.807, 2.05) is 0 Å². The molecule has 7 nitrogen and oxygen atoms in total. The Hall–Kier alpha value is -2.00. The zero-order chi connectivity index (χ0) is 20.2. The molecular formula is C18H26FN3O4S. The van der Waals surface area contributed by atoms with Crippen molar-refractivity contribution in [2.24, 2.45) is 17.1 Å². The number of halogens is 1. The second kappa shape index (κ2) is 8.35. The van der Waals surface area contributed by atoms with Crippen LogP contribution in [-0.4, -0.2) is 32.8 Å². The number of nitrogens with two attached hydrogens (primary N) is 1. The van der Waals surface area contributed by atoms with Gasteiger partial charge in [0.25, 0.3) is 0 Å². The summed E-state index contributed by atoms with van der Waals surface area (Å²) in [7, 11) is -4.08. The summed E-state index contributed by atoms with van der Waals surface area (Å²) in [6, 6.07) is 3.49. The predicted octanol–water partition coefficient (Wildman–Crippen LogP) is 1.29. The van der Waals surface area contributed by atoms with Crippen LogP contribution in [0, 0.1) is 17.2 Å². The summed E-state index contributed by atoms with van der Waals surface area (Å²) in [5.41, 5.74) is 4.73. The van der Waals surface area contributed by atoms with E-state index in [4.69, 9.17) is 5.73 Å². The fourth-order valence-corrected chi connectivity index (χ4v) is 4.67. The van der Waals surface area contributed by atoms with Gasteiger partial charge in [0.2, 0.25) is 21.8 Å². The smallest absolute Gasteiger partial charge is 0.241 e. The average Bonchev–Trinajstić information content (AvgIpc) is 3.08. The van der Waals surface area contributed by atoms with Gasteiger partial charge in [-0.25, -0.2) is 12.8 Å². The molecular weight excluding hydrogens is 373 g/mol. The lowest BCUT2D eigenvalue weighted by molar-refractivity contribution is -0.129. The third kappa shape index (κ3) is 5.04. The Bertz CT molecular complexity index is 805. The summed E-state index contributed by atoms with van der Waals surface area (Å²) < 4.78 is 40.7. The topological polar surface area (TPSA) is 118 Å². The van der Waals surface area contributed by atoms with Gasteiger partial charge in [0.05, 0.1) is 10.3 Å². The summed E-state index contributed by atoms with van der Waals surface area (Å²) >= 11 is 0. The van der Waals surface area contributed by atoms with Crippen LogP contribution in [0.25, 0.3) is 0 Å². The zero-order valence-corrected chi connectivity index (χ0v) is 16.3. The van der Waals surface area contributed by atoms with E-state index >= 15 is 0 Å². The summed E-state index contributed by atoms with van der Waals surface area (Å²) in [6.45, 7) is 3.46. The van der Waals surface area contributed by atoms with Crippen LogP contribution < -0.4 is 15.8 Å². The monoisotopic (exact) mass is 399 g/mol. The lowest BCUT2D eigenvalue weighted by atomic mass is 9.85. The lowest BCUT2D eigenvalue weighted by Gasteiger charge is -2.28. The molecule has 1 aliphatic rings. The number of nitrogens with one attached hydrogen (secondary N) is 2. The van der Waals surface area contributed by atoms with Crippen LogP contribution in [0.1, 0.15) is 39.5 Å². The minimum atomic E-state index is -4.08. The van der Waals surface area contributed by atoms with Gasteiger partial charge in [0.1, 0.15) is 11.9 Å². The fraction of sp³-hybridized carbons (Fsp3) is 0.556. The maximum Gasteiger partial charge on any atom is 0.241 e. The van der Waals surface area contributed by atoms with Crippen molar-refractivity contribution in [3.05, 3.63) is 30.1 Å². The molecule has 1 saturated carbocycles. The highest BCUT2D eigenvalue weighted by Crippen LogP contribution is 2.37. The van der Waals surface area contributed by atoms with Crippen molar-refractivity contribution in [2.45, 2.75) is 50.5 Å². The Morgan fingerprint density at radius 1 is 1.26 bits per heavy atom. The van der Waals surface area contributed by atoms with E-state index in [1.54, 1.807) is 13.8 Å². The fourth-order valence-electron chi connectivity index (χ4n) is 3.29. The van der Waals surface area contributed by atoms with Gasteiger partial charge in [0, 0.05) is 6.54 Å². The van der Waals surface area contributed by atoms with E-state index in [1.165, 1.54) is 12.1 Å². The number of sulfonamides is 1. The van der Waals surface area contributed by atoms with E-state index in [9.17, 15) is 22.4 Å². The molecule has 27 heavy (non-hydrogen) atoms. The molecule has 2 rings (SSSR count). The molecule has 0 radical (unpaired) electrons. The summed E-state index contributed by atoms with van der Waals surface area (Å²) in [5.74, 6) is -2.05. The predicted molar refractivity (Wildman–Crippen MR) is 98.5 cm³/mol. The van der Waals surface area contributed by atoms with Crippen LogP contribution >= 0.6 is 0 Å². The zero-order valence-electron chi connectivity index (χ0n) is 15.5. The molecule has 1 aromatic rings. The second-order valence-corrected chi connectivity index (χ2v) is 9.08. The highest BCUT2D eigenvalue weighted by atomic mass is 32.2. The van der Waals surface area contributed by atoms with E-state index in [-0.39, 0.29) is 17.4 Å². The van der Waals surface area contributed by atoms with Crippen LogP contribution in [-0.2, 0) is 19.6 Å². The molecule has 1 fully saturated rings. The number of amides is 2. The van der Waals surface area contributed by atoms with Crippen molar-refractivity contribution in [3.8, 4) is 0 Å². The van der Waals surface area contributed by atoms with Crippen molar-refractivity contribution in [2.75, 3.05) is 6.54 Å². The van der Waals surface area contributed by atoms with Crippen molar-refractivity contribution in [3.63, 3.8) is 0 Å². The molecule has 0 bridgehead atoms. The van der Waals surface area contributed by atoms with Crippen molar-refractivity contribution < 1.29 is 22.4 Å². The molecule has 9 heteroatoms. The number of benzene rings is 1. The maximum absolute atomic E-state index is 13.3. The number of carbonyl (C=O) groups is 2. The number of carbonyl (C=O) groups excluding carboxylic acids is 2. The molecule has 0 aromatic heterocycles. The number of primary amides is 1. The standard InChI is InChI=1S/C18H26FN3O4S/c1-12(2)15(22-27(25,26)14-7-5-6-13(19)10-14)16(23)21-11-18(17(20)24)8-3-4-9-18/h5-7,10,12,15,22H,3-4,8-9,11H2,1-2H3,(H2,20,24)(H,21,23). The molecule has 1 atom stereocenters. The minimum absolute atomic E-state index is 0.0755. The highest BCUT2D eigenvalue weighted by molar-refractivity contribution is 7.89. The Labute approximate surface area is 158 Å². The SMILES string of the molecule is CC(C)C(NS(=O)(=O)c1cccc(F)c1)C(=O)NCC1(C(N)=O)CCCC1. The number of hydrogen-bond donors (Lipinski definition) is 3. The van der Waals surface area contributed by atoms with Gasteiger partial charge in [-0.05, 0) is 37.0 Å². The van der Waals surface area contributed by atoms with Crippen molar-refractivity contribution >= 4 is 21.8 Å². The summed E-state index contributed by atoms with van der Waals surface area (Å²) in [4.78, 5) is 24.2. The molecule has 1 aromatic carbocycles. The van der Waals surface area contributed by atoms with Gasteiger partial charge in [-0.1, -0.05) is 32.8 Å². The lowest BCUT2D eigenvalue weighted by Crippen LogP contribution is -2.53. The minimum Gasteiger partial charge on any atom is -0.369 e. The number of rotatable bonds is 8. The molecule has 2 amide bonds. The third-order valence-corrected chi connectivity index (χ3v) is 6.46. The van der Waals surface area contributed by atoms with Gasteiger partial charge in [-0.15, -0.1) is 0 Å². The molecule has 0 aliphatic heterocycles. The second-order valence-electron chi connectivity index (χ2n) is 7.37. The molecule has 4 N–H and O–H groups in total. The van der Waals surface area contributed by atoms with Crippen LogP contribution in [0.5, 0.6) is 0 Å². The molecule has 1 aliphatic carbocycles. The Morgan fingerprint density at radius 3 is 2.41 bits per heavy atom. The van der Waals surface area contributed by atoms with E-state index in [0.717, 1.165) is 25.0 Å². The molecule has 0 saturated heterocycles. The summed E-state index contributed by atoms with van der Waals surface area (Å²) in [5, 5.41) is 2.67. The van der Waals surface area contributed by atoms with E-state index in [0.29, 0.717) is 12.8 Å². The first-order chi connectivity index (χ1) is 12.6. The first kappa shape index (κ1) is 21.3. The Morgan fingerprint density at radius 2 is 1.89 bits per heavy atom. The highest BCUT2D eigenvalue weighted by Gasteiger charge is 2.40. The van der Waals surface area contributed by atoms with Gasteiger partial charge in [-0.2, -0.15) is 4.72 Å². The van der Waals surface area contributed by atoms with Crippen LogP contribution in [0.15, 0.2) is 29.2 Å². The largest absolute Gasteiger partial charge is 0.369 e. The van der Waals surface area contributed by atoms with Crippen LogP contribution in [0.2, 0.25) is 0 Å². The molecule has 1 unspecified atom stereocenters. The number of hydrogen-bond acceptors (Lipinski definition) is 4. The van der Waals surface area contributed by atoms with Crippen molar-refractivity contribution in [1.29, 1.82) is 0 Å². The van der Waals surface area contributed by atoms with E-state index in [2.05, 4.69) is 10.0 Å².